The zero-order chi connectivity index (χ0) is 13.6. The van der Waals surface area contributed by atoms with Crippen molar-refractivity contribution < 1.29 is 0 Å². The van der Waals surface area contributed by atoms with Gasteiger partial charge < -0.3 is 10.2 Å². The summed E-state index contributed by atoms with van der Waals surface area (Å²) >= 11 is 0. The van der Waals surface area contributed by atoms with Gasteiger partial charge in [0.05, 0.1) is 0 Å². The summed E-state index contributed by atoms with van der Waals surface area (Å²) in [5, 5.41) is 12.2. The maximum absolute atomic E-state index is 9.03. The summed E-state index contributed by atoms with van der Waals surface area (Å²) in [4.78, 5) is 6.02. The SMILES string of the molecule is C=C(N=C(C#N)N(C)C(C)C)NCC(C)(C)C. The molecular weight excluding hydrogens is 212 g/mol. The molecule has 0 aliphatic rings. The van der Waals surface area contributed by atoms with Gasteiger partial charge in [0, 0.05) is 19.6 Å². The standard InChI is InChI=1S/C13H24N4/c1-10(2)17(7)12(8-14)16-11(3)15-9-13(4,5)6/h10,15H,3,9H2,1-2,4-7H3. The molecule has 0 aromatic carbocycles. The molecule has 0 atom stereocenters. The summed E-state index contributed by atoms with van der Waals surface area (Å²) in [5.41, 5.74) is 0.162. The summed E-state index contributed by atoms with van der Waals surface area (Å²) in [6.07, 6.45) is 0. The van der Waals surface area contributed by atoms with Crippen molar-refractivity contribution in [2.45, 2.75) is 40.7 Å². The third kappa shape index (κ3) is 6.62. The number of hydrogen-bond donors (Lipinski definition) is 1. The highest BCUT2D eigenvalue weighted by Crippen LogP contribution is 2.11. The summed E-state index contributed by atoms with van der Waals surface area (Å²) in [7, 11) is 1.85. The molecule has 0 aliphatic heterocycles. The highest BCUT2D eigenvalue weighted by Gasteiger charge is 2.12. The van der Waals surface area contributed by atoms with Crippen molar-refractivity contribution in [2.24, 2.45) is 10.4 Å². The molecule has 0 unspecified atom stereocenters. The lowest BCUT2D eigenvalue weighted by molar-refractivity contribution is 0.394. The van der Waals surface area contributed by atoms with Crippen LogP contribution in [0.1, 0.15) is 34.6 Å². The second-order valence-electron chi connectivity index (χ2n) is 5.61. The van der Waals surface area contributed by atoms with Crippen molar-refractivity contribution in [2.75, 3.05) is 13.6 Å². The zero-order valence-electron chi connectivity index (χ0n) is 11.8. The lowest BCUT2D eigenvalue weighted by Gasteiger charge is -2.22. The Morgan fingerprint density at radius 2 is 2.00 bits per heavy atom. The quantitative estimate of drug-likeness (QED) is 0.602. The fourth-order valence-electron chi connectivity index (χ4n) is 0.962. The number of nitrogens with one attached hydrogen (secondary N) is 1. The molecule has 0 spiro atoms. The average molecular weight is 236 g/mol. The topological polar surface area (TPSA) is 51.4 Å². The van der Waals surface area contributed by atoms with Gasteiger partial charge in [-0.1, -0.05) is 27.4 Å². The van der Waals surface area contributed by atoms with E-state index in [0.29, 0.717) is 11.7 Å². The summed E-state index contributed by atoms with van der Waals surface area (Å²) < 4.78 is 0. The fraction of sp³-hybridized carbons (Fsp3) is 0.692. The highest BCUT2D eigenvalue weighted by atomic mass is 15.2. The Balaban J connectivity index is 4.55. The minimum Gasteiger partial charge on any atom is -0.370 e. The van der Waals surface area contributed by atoms with Crippen LogP contribution in [0.4, 0.5) is 0 Å². The van der Waals surface area contributed by atoms with E-state index in [1.165, 1.54) is 0 Å². The molecule has 0 heterocycles. The van der Waals surface area contributed by atoms with Gasteiger partial charge in [-0.15, -0.1) is 0 Å². The molecule has 0 aromatic heterocycles. The van der Waals surface area contributed by atoms with E-state index in [-0.39, 0.29) is 11.5 Å². The number of nitrogens with zero attached hydrogens (tertiary/aromatic N) is 3. The summed E-state index contributed by atoms with van der Waals surface area (Å²) in [5.74, 6) is 0.912. The number of aliphatic imine (C=N–C) groups is 1. The molecule has 0 saturated carbocycles. The Kier molecular flexibility index (Phi) is 5.73. The minimum absolute atomic E-state index is 0.162. The largest absolute Gasteiger partial charge is 0.370 e. The van der Waals surface area contributed by atoms with Crippen LogP contribution in [0.25, 0.3) is 0 Å². The van der Waals surface area contributed by atoms with Gasteiger partial charge in [0.25, 0.3) is 0 Å². The van der Waals surface area contributed by atoms with Crippen LogP contribution in [-0.2, 0) is 0 Å². The fourth-order valence-corrected chi connectivity index (χ4v) is 0.962. The Bertz CT molecular complexity index is 328. The van der Waals surface area contributed by atoms with Crippen molar-refractivity contribution in [1.29, 1.82) is 5.26 Å². The number of hydrogen-bond acceptors (Lipinski definition) is 3. The molecule has 1 N–H and O–H groups in total. The highest BCUT2D eigenvalue weighted by molar-refractivity contribution is 5.97. The van der Waals surface area contributed by atoms with Crippen LogP contribution in [0.15, 0.2) is 17.4 Å². The van der Waals surface area contributed by atoms with Crippen LogP contribution in [0, 0.1) is 16.7 Å². The lowest BCUT2D eigenvalue weighted by atomic mass is 9.97. The van der Waals surface area contributed by atoms with Crippen LogP contribution in [-0.4, -0.2) is 30.4 Å². The first-order valence-electron chi connectivity index (χ1n) is 5.82. The maximum Gasteiger partial charge on any atom is 0.210 e. The van der Waals surface area contributed by atoms with E-state index >= 15 is 0 Å². The molecule has 4 heteroatoms. The van der Waals surface area contributed by atoms with E-state index in [2.05, 4.69) is 43.7 Å². The maximum atomic E-state index is 9.03. The Morgan fingerprint density at radius 3 is 2.35 bits per heavy atom. The van der Waals surface area contributed by atoms with Gasteiger partial charge in [-0.25, -0.2) is 4.99 Å². The van der Waals surface area contributed by atoms with E-state index in [1.54, 1.807) is 0 Å². The van der Waals surface area contributed by atoms with Crippen molar-refractivity contribution in [3.8, 4) is 6.07 Å². The lowest BCUT2D eigenvalue weighted by Crippen LogP contribution is -2.33. The third-order valence-electron chi connectivity index (χ3n) is 2.27. The van der Waals surface area contributed by atoms with Gasteiger partial charge in [0.15, 0.2) is 0 Å². The van der Waals surface area contributed by atoms with E-state index in [1.807, 2.05) is 25.8 Å². The smallest absolute Gasteiger partial charge is 0.210 e. The predicted octanol–water partition coefficient (Wildman–Crippen LogP) is 2.36. The number of rotatable bonds is 4. The first-order chi connectivity index (χ1) is 7.67. The van der Waals surface area contributed by atoms with E-state index in [4.69, 9.17) is 5.26 Å². The molecule has 0 amide bonds. The van der Waals surface area contributed by atoms with E-state index < -0.39 is 0 Å². The number of nitriles is 1. The summed E-state index contributed by atoms with van der Waals surface area (Å²) in [6, 6.07) is 2.33. The third-order valence-corrected chi connectivity index (χ3v) is 2.27. The zero-order valence-corrected chi connectivity index (χ0v) is 11.8. The minimum atomic E-state index is 0.162. The molecule has 0 aliphatic carbocycles. The average Bonchev–Trinajstić information content (AvgIpc) is 2.20. The molecule has 0 rings (SSSR count). The Labute approximate surface area is 105 Å². The molecule has 4 nitrogen and oxygen atoms in total. The van der Waals surface area contributed by atoms with Gasteiger partial charge in [-0.05, 0) is 19.3 Å². The van der Waals surface area contributed by atoms with Crippen LogP contribution in [0.2, 0.25) is 0 Å². The van der Waals surface area contributed by atoms with Crippen LogP contribution < -0.4 is 5.32 Å². The molecule has 0 saturated heterocycles. The molecule has 0 aromatic rings. The van der Waals surface area contributed by atoms with Gasteiger partial charge in [0.1, 0.15) is 11.9 Å². The van der Waals surface area contributed by atoms with Crippen molar-refractivity contribution >= 4 is 5.84 Å². The molecule has 17 heavy (non-hydrogen) atoms. The van der Waals surface area contributed by atoms with Gasteiger partial charge in [-0.2, -0.15) is 5.26 Å². The second-order valence-corrected chi connectivity index (χ2v) is 5.61. The Hall–Kier alpha value is -1.50. The molecule has 0 bridgehead atoms. The molecule has 0 radical (unpaired) electrons. The predicted molar refractivity (Wildman–Crippen MR) is 72.5 cm³/mol. The normalized spacial score (nSPS) is 12.2. The van der Waals surface area contributed by atoms with Gasteiger partial charge in [0.2, 0.25) is 5.84 Å². The monoisotopic (exact) mass is 236 g/mol. The summed E-state index contributed by atoms with van der Waals surface area (Å²) in [6.45, 7) is 15.0. The van der Waals surface area contributed by atoms with Crippen molar-refractivity contribution in [1.82, 2.24) is 10.2 Å². The van der Waals surface area contributed by atoms with Crippen molar-refractivity contribution in [3.63, 3.8) is 0 Å². The van der Waals surface area contributed by atoms with Crippen LogP contribution in [0.5, 0.6) is 0 Å². The first kappa shape index (κ1) is 15.5. The molecule has 0 fully saturated rings. The van der Waals surface area contributed by atoms with Crippen LogP contribution >= 0.6 is 0 Å². The number of amidine groups is 1. The second kappa shape index (κ2) is 6.29. The molecular formula is C13H24N4. The van der Waals surface area contributed by atoms with Crippen molar-refractivity contribution in [3.05, 3.63) is 12.4 Å². The first-order valence-corrected chi connectivity index (χ1v) is 5.82. The van der Waals surface area contributed by atoms with E-state index in [9.17, 15) is 0 Å². The van der Waals surface area contributed by atoms with Gasteiger partial charge >= 0.3 is 0 Å². The Morgan fingerprint density at radius 1 is 1.47 bits per heavy atom. The van der Waals surface area contributed by atoms with Gasteiger partial charge in [-0.3, -0.25) is 0 Å². The molecule has 96 valence electrons. The van der Waals surface area contributed by atoms with E-state index in [0.717, 1.165) is 6.54 Å². The van der Waals surface area contributed by atoms with Crippen LogP contribution in [0.3, 0.4) is 0 Å².